The Labute approximate surface area is 192 Å². The van der Waals surface area contributed by atoms with Crippen molar-refractivity contribution in [2.24, 2.45) is 10.9 Å². The summed E-state index contributed by atoms with van der Waals surface area (Å²) in [5.74, 6) is -1.12. The third kappa shape index (κ3) is 3.96. The van der Waals surface area contributed by atoms with Gasteiger partial charge in [-0.25, -0.2) is 4.98 Å². The molecule has 0 saturated carbocycles. The minimum Gasteiger partial charge on any atom is -0.310 e. The zero-order valence-electron chi connectivity index (χ0n) is 16.1. The number of hydrogen-bond acceptors (Lipinski definition) is 4. The molecule has 2 aromatic rings. The first kappa shape index (κ1) is 21.2. The molecule has 0 fully saturated rings. The first-order chi connectivity index (χ1) is 14.4. The van der Waals surface area contributed by atoms with Gasteiger partial charge >= 0.3 is 0 Å². The molecular formula is C22H18BrCl2N3O2. The lowest BCUT2D eigenvalue weighted by Crippen LogP contribution is -2.39. The minimum absolute atomic E-state index is 0.00751. The molecule has 1 aromatic carbocycles. The van der Waals surface area contributed by atoms with Crippen LogP contribution in [0.2, 0.25) is 10.0 Å². The fourth-order valence-electron chi connectivity index (χ4n) is 4.10. The summed E-state index contributed by atoms with van der Waals surface area (Å²) in [6.07, 6.45) is 3.50. The van der Waals surface area contributed by atoms with Crippen LogP contribution in [0.25, 0.3) is 0 Å². The van der Waals surface area contributed by atoms with E-state index in [1.807, 2.05) is 13.0 Å². The Kier molecular flexibility index (Phi) is 6.09. The highest BCUT2D eigenvalue weighted by atomic mass is 79.9. The van der Waals surface area contributed by atoms with Crippen molar-refractivity contribution in [2.45, 2.75) is 32.1 Å². The summed E-state index contributed by atoms with van der Waals surface area (Å²) in [6.45, 7) is 1.81. The molecule has 2 heterocycles. The molecule has 1 aromatic heterocycles. The Hall–Kier alpha value is -2.02. The van der Waals surface area contributed by atoms with E-state index in [1.54, 1.807) is 30.5 Å². The predicted molar refractivity (Wildman–Crippen MR) is 122 cm³/mol. The van der Waals surface area contributed by atoms with E-state index in [0.29, 0.717) is 45.6 Å². The van der Waals surface area contributed by atoms with Crippen LogP contribution in [-0.2, 0) is 9.59 Å². The minimum atomic E-state index is -0.702. The molecule has 2 aliphatic rings. The monoisotopic (exact) mass is 505 g/mol. The van der Waals surface area contributed by atoms with Crippen molar-refractivity contribution in [1.82, 2.24) is 4.98 Å². The fraction of sp³-hybridized carbons (Fsp3) is 0.273. The highest BCUT2D eigenvalue weighted by Crippen LogP contribution is 2.46. The average Bonchev–Trinajstić information content (AvgIpc) is 2.71. The van der Waals surface area contributed by atoms with Crippen LogP contribution in [0, 0.1) is 5.92 Å². The van der Waals surface area contributed by atoms with E-state index in [-0.39, 0.29) is 11.7 Å². The molecule has 1 amide bonds. The Morgan fingerprint density at radius 3 is 2.73 bits per heavy atom. The number of nitrogens with one attached hydrogen (secondary N) is 1. The van der Waals surface area contributed by atoms with Crippen LogP contribution in [-0.4, -0.2) is 22.4 Å². The number of benzene rings is 1. The molecule has 30 heavy (non-hydrogen) atoms. The van der Waals surface area contributed by atoms with Crippen molar-refractivity contribution >= 4 is 62.4 Å². The SMILES string of the molecule is CC1=NC2=C(C(=O)CCC2)[C@@H](c2cccc(Cl)c2Cl)C1C(=O)Nc1ccc(Br)cn1. The molecule has 8 heteroatoms. The van der Waals surface area contributed by atoms with Gasteiger partial charge < -0.3 is 5.32 Å². The van der Waals surface area contributed by atoms with E-state index >= 15 is 0 Å². The predicted octanol–water partition coefficient (Wildman–Crippen LogP) is 5.97. The van der Waals surface area contributed by atoms with Crippen LogP contribution < -0.4 is 5.32 Å². The van der Waals surface area contributed by atoms with Gasteiger partial charge in [0, 0.05) is 40.0 Å². The van der Waals surface area contributed by atoms with Crippen LogP contribution in [0.5, 0.6) is 0 Å². The maximum absolute atomic E-state index is 13.4. The van der Waals surface area contributed by atoms with Gasteiger partial charge in [-0.1, -0.05) is 35.3 Å². The second-order valence-electron chi connectivity index (χ2n) is 7.34. The number of pyridine rings is 1. The smallest absolute Gasteiger partial charge is 0.235 e. The number of ketones is 1. The second-order valence-corrected chi connectivity index (χ2v) is 9.04. The Bertz CT molecular complexity index is 1100. The average molecular weight is 507 g/mol. The van der Waals surface area contributed by atoms with Crippen molar-refractivity contribution < 1.29 is 9.59 Å². The lowest BCUT2D eigenvalue weighted by molar-refractivity contribution is -0.119. The topological polar surface area (TPSA) is 71.4 Å². The molecule has 0 saturated heterocycles. The van der Waals surface area contributed by atoms with E-state index in [0.717, 1.165) is 16.6 Å². The van der Waals surface area contributed by atoms with Gasteiger partial charge in [0.2, 0.25) is 5.91 Å². The number of nitrogens with zero attached hydrogens (tertiary/aromatic N) is 2. The number of carbonyl (C=O) groups excluding carboxylic acids is 2. The molecule has 2 atom stereocenters. The summed E-state index contributed by atoms with van der Waals surface area (Å²) >= 11 is 16.2. The number of hydrogen-bond donors (Lipinski definition) is 1. The number of aromatic nitrogens is 1. The van der Waals surface area contributed by atoms with Gasteiger partial charge in [-0.15, -0.1) is 0 Å². The molecule has 4 rings (SSSR count). The second kappa shape index (κ2) is 8.61. The molecule has 1 N–H and O–H groups in total. The van der Waals surface area contributed by atoms with Crippen molar-refractivity contribution in [2.75, 3.05) is 5.32 Å². The Morgan fingerprint density at radius 2 is 2.00 bits per heavy atom. The number of amides is 1. The first-order valence-corrected chi connectivity index (χ1v) is 11.1. The maximum Gasteiger partial charge on any atom is 0.235 e. The van der Waals surface area contributed by atoms with Crippen LogP contribution >= 0.6 is 39.1 Å². The maximum atomic E-state index is 13.4. The van der Waals surface area contributed by atoms with E-state index in [2.05, 4.69) is 31.2 Å². The highest BCUT2D eigenvalue weighted by molar-refractivity contribution is 9.10. The largest absolute Gasteiger partial charge is 0.310 e. The van der Waals surface area contributed by atoms with E-state index < -0.39 is 11.8 Å². The quantitative estimate of drug-likeness (QED) is 0.557. The van der Waals surface area contributed by atoms with E-state index in [1.165, 1.54) is 0 Å². The van der Waals surface area contributed by atoms with Crippen molar-refractivity contribution in [3.8, 4) is 0 Å². The lowest BCUT2D eigenvalue weighted by atomic mass is 9.71. The van der Waals surface area contributed by atoms with Crippen molar-refractivity contribution in [3.05, 3.63) is 67.9 Å². The Balaban J connectivity index is 1.81. The molecule has 1 unspecified atom stereocenters. The Morgan fingerprint density at radius 1 is 1.20 bits per heavy atom. The number of Topliss-reactive ketones (excluding diaryl/α,β-unsaturated/α-hetero) is 1. The molecule has 1 aliphatic heterocycles. The molecule has 0 spiro atoms. The van der Waals surface area contributed by atoms with Crippen LogP contribution in [0.4, 0.5) is 5.82 Å². The normalized spacial score (nSPS) is 21.2. The number of allylic oxidation sites excluding steroid dienone is 2. The van der Waals surface area contributed by atoms with E-state index in [9.17, 15) is 9.59 Å². The first-order valence-electron chi connectivity index (χ1n) is 9.54. The van der Waals surface area contributed by atoms with Crippen molar-refractivity contribution in [3.63, 3.8) is 0 Å². The standard InChI is InChI=1S/C22H18BrCl2N3O2/c1-11-18(22(30)28-17-9-8-12(23)10-26-17)19(13-4-2-5-14(24)21(13)25)20-15(27-11)6-3-7-16(20)29/h2,4-5,8-10,18-19H,3,6-7H2,1H3,(H,26,28,30)/t18?,19-/m0/s1. The zero-order valence-corrected chi connectivity index (χ0v) is 19.2. The highest BCUT2D eigenvalue weighted by Gasteiger charge is 2.43. The summed E-state index contributed by atoms with van der Waals surface area (Å²) in [4.78, 5) is 35.2. The van der Waals surface area contributed by atoms with Crippen LogP contribution in [0.15, 0.2) is 57.3 Å². The number of halogens is 3. The van der Waals surface area contributed by atoms with Gasteiger partial charge in [0.25, 0.3) is 0 Å². The molecule has 0 radical (unpaired) electrons. The molecule has 5 nitrogen and oxygen atoms in total. The van der Waals surface area contributed by atoms with Gasteiger partial charge in [0.05, 0.1) is 16.0 Å². The van der Waals surface area contributed by atoms with Gasteiger partial charge in [-0.3, -0.25) is 14.6 Å². The molecule has 1 aliphatic carbocycles. The third-order valence-corrected chi connectivity index (χ3v) is 6.71. The zero-order chi connectivity index (χ0) is 21.4. The van der Waals surface area contributed by atoms with Crippen LogP contribution in [0.3, 0.4) is 0 Å². The summed E-state index contributed by atoms with van der Waals surface area (Å²) in [5.41, 5.74) is 2.61. The number of aliphatic imine (C=N–C) groups is 1. The summed E-state index contributed by atoms with van der Waals surface area (Å²) < 4.78 is 0.807. The third-order valence-electron chi connectivity index (χ3n) is 5.41. The fourth-order valence-corrected chi connectivity index (χ4v) is 4.76. The van der Waals surface area contributed by atoms with E-state index in [4.69, 9.17) is 23.2 Å². The van der Waals surface area contributed by atoms with Crippen molar-refractivity contribution in [1.29, 1.82) is 0 Å². The molecular weight excluding hydrogens is 489 g/mol. The lowest BCUT2D eigenvalue weighted by Gasteiger charge is -2.35. The summed E-state index contributed by atoms with van der Waals surface area (Å²) in [5, 5.41) is 3.59. The van der Waals surface area contributed by atoms with Gasteiger partial charge in [-0.2, -0.15) is 0 Å². The van der Waals surface area contributed by atoms with Crippen LogP contribution in [0.1, 0.15) is 37.7 Å². The number of carbonyl (C=O) groups is 2. The number of anilines is 1. The van der Waals surface area contributed by atoms with Gasteiger partial charge in [-0.05, 0) is 59.5 Å². The molecule has 154 valence electrons. The number of rotatable bonds is 3. The summed E-state index contributed by atoms with van der Waals surface area (Å²) in [7, 11) is 0. The van der Waals surface area contributed by atoms with Gasteiger partial charge in [0.1, 0.15) is 5.82 Å². The molecule has 0 bridgehead atoms. The van der Waals surface area contributed by atoms with Gasteiger partial charge in [0.15, 0.2) is 5.78 Å². The summed E-state index contributed by atoms with van der Waals surface area (Å²) in [6, 6.07) is 8.79.